The van der Waals surface area contributed by atoms with Crippen molar-refractivity contribution in [1.82, 2.24) is 9.97 Å². The summed E-state index contributed by atoms with van der Waals surface area (Å²) < 4.78 is 6.37. The van der Waals surface area contributed by atoms with Crippen LogP contribution < -0.4 is 5.19 Å². The minimum absolute atomic E-state index is 0. The van der Waals surface area contributed by atoms with Gasteiger partial charge in [-0.25, -0.2) is 0 Å². The molecule has 0 N–H and O–H groups in total. The zero-order valence-corrected chi connectivity index (χ0v) is 34.6. The van der Waals surface area contributed by atoms with Crippen molar-refractivity contribution in [2.75, 3.05) is 0 Å². The third kappa shape index (κ3) is 8.83. The summed E-state index contributed by atoms with van der Waals surface area (Å²) in [6.07, 6.45) is 5.05. The normalized spacial score (nSPS) is 11.5. The van der Waals surface area contributed by atoms with Crippen LogP contribution in [-0.2, 0) is 26.5 Å². The molecule has 5 aromatic carbocycles. The van der Waals surface area contributed by atoms with Gasteiger partial charge < -0.3 is 14.4 Å². The van der Waals surface area contributed by atoms with Crippen molar-refractivity contribution in [2.45, 2.75) is 46.8 Å². The van der Waals surface area contributed by atoms with E-state index in [1.54, 1.807) is 0 Å². The van der Waals surface area contributed by atoms with E-state index in [0.29, 0.717) is 0 Å². The summed E-state index contributed by atoms with van der Waals surface area (Å²) in [5, 5.41) is 3.66. The summed E-state index contributed by atoms with van der Waals surface area (Å²) in [5.41, 5.74) is 11.9. The summed E-state index contributed by atoms with van der Waals surface area (Å²) in [6, 6.07) is 52.2. The van der Waals surface area contributed by atoms with Crippen LogP contribution in [0.25, 0.3) is 66.7 Å². The van der Waals surface area contributed by atoms with Crippen LogP contribution in [0.2, 0.25) is 19.6 Å². The molecule has 0 unspecified atom stereocenters. The van der Waals surface area contributed by atoms with Crippen molar-refractivity contribution < 1.29 is 24.5 Å². The standard InChI is InChI=1S/C29H18NO.C19H26NSi.Ir/c1-3-8-20(9-4-1)22-14-15-24-25-12-7-13-26(29(25)31-28(24)19-22)27-18-23(16-17-30-27)21-10-5-2-6-11-21;1-19(2,3)13-16-12-17(15-10-8-7-9-11-15)20-14-18(16)21(4,5)6;/h1-12,14-19H;7-10,12,14H,13H2,1-6H3;/q2*-1;. The molecule has 0 amide bonds. The van der Waals surface area contributed by atoms with E-state index in [0.717, 1.165) is 67.6 Å². The van der Waals surface area contributed by atoms with Gasteiger partial charge in [-0.3, -0.25) is 0 Å². The van der Waals surface area contributed by atoms with Gasteiger partial charge in [0.15, 0.2) is 0 Å². The molecule has 0 spiro atoms. The molecule has 3 nitrogen and oxygen atoms in total. The Bertz CT molecular complexity index is 2450. The van der Waals surface area contributed by atoms with Crippen molar-refractivity contribution in [1.29, 1.82) is 0 Å². The fraction of sp³-hybridized carbons (Fsp3) is 0.167. The Morgan fingerprint density at radius 2 is 1.30 bits per heavy atom. The van der Waals surface area contributed by atoms with Crippen molar-refractivity contribution in [3.8, 4) is 44.8 Å². The van der Waals surface area contributed by atoms with Gasteiger partial charge in [0.05, 0.1) is 13.7 Å². The predicted molar refractivity (Wildman–Crippen MR) is 221 cm³/mol. The molecule has 267 valence electrons. The third-order valence-electron chi connectivity index (χ3n) is 9.17. The fourth-order valence-corrected chi connectivity index (χ4v) is 8.29. The van der Waals surface area contributed by atoms with Gasteiger partial charge in [0.25, 0.3) is 0 Å². The summed E-state index contributed by atoms with van der Waals surface area (Å²) in [7, 11) is -1.37. The van der Waals surface area contributed by atoms with Crippen LogP contribution in [0.15, 0.2) is 150 Å². The summed E-state index contributed by atoms with van der Waals surface area (Å²) in [5.74, 6) is 0. The number of furan rings is 1. The minimum Gasteiger partial charge on any atom is -0.501 e. The van der Waals surface area contributed by atoms with Gasteiger partial charge in [-0.1, -0.05) is 142 Å². The Kier molecular flexibility index (Phi) is 11.4. The first-order valence-electron chi connectivity index (χ1n) is 17.9. The molecule has 1 radical (unpaired) electrons. The molecular formula is C48H44IrN2OSi-2. The molecule has 5 heteroatoms. The number of hydrogen-bond donors (Lipinski definition) is 0. The molecule has 0 saturated carbocycles. The minimum atomic E-state index is -1.37. The maximum Gasteiger partial charge on any atom is 0.121 e. The predicted octanol–water partition coefficient (Wildman–Crippen LogP) is 12.5. The zero-order chi connectivity index (χ0) is 36.3. The molecular weight excluding hydrogens is 841 g/mol. The molecule has 0 saturated heterocycles. The van der Waals surface area contributed by atoms with Gasteiger partial charge in [-0.15, -0.1) is 54.1 Å². The first-order chi connectivity index (χ1) is 25.0. The Labute approximate surface area is 328 Å². The van der Waals surface area contributed by atoms with Gasteiger partial charge in [0.1, 0.15) is 5.58 Å². The second-order valence-corrected chi connectivity index (χ2v) is 20.6. The number of rotatable bonds is 6. The number of fused-ring (bicyclic) bond motifs is 3. The van der Waals surface area contributed by atoms with Gasteiger partial charge >= 0.3 is 0 Å². The molecule has 8 rings (SSSR count). The van der Waals surface area contributed by atoms with E-state index in [4.69, 9.17) is 9.40 Å². The average molecular weight is 885 g/mol. The van der Waals surface area contributed by atoms with Crippen LogP contribution in [0, 0.1) is 17.5 Å². The largest absolute Gasteiger partial charge is 0.501 e. The summed E-state index contributed by atoms with van der Waals surface area (Å²) in [4.78, 5) is 9.34. The van der Waals surface area contributed by atoms with Gasteiger partial charge in [-0.2, -0.15) is 0 Å². The van der Waals surface area contributed by atoms with E-state index in [9.17, 15) is 0 Å². The van der Waals surface area contributed by atoms with Crippen LogP contribution >= 0.6 is 0 Å². The summed E-state index contributed by atoms with van der Waals surface area (Å²) >= 11 is 0. The summed E-state index contributed by atoms with van der Waals surface area (Å²) in [6.45, 7) is 14.1. The van der Waals surface area contributed by atoms with Crippen LogP contribution in [0.3, 0.4) is 0 Å². The number of nitrogens with zero attached hydrogens (tertiary/aromatic N) is 2. The van der Waals surface area contributed by atoms with Crippen molar-refractivity contribution >= 4 is 35.2 Å². The molecule has 0 aliphatic rings. The molecule has 8 aromatic rings. The maximum absolute atomic E-state index is 6.37. The van der Waals surface area contributed by atoms with E-state index in [2.05, 4.69) is 143 Å². The second kappa shape index (κ2) is 16.0. The zero-order valence-electron chi connectivity index (χ0n) is 31.2. The fourth-order valence-electron chi connectivity index (χ4n) is 6.71. The van der Waals surface area contributed by atoms with Gasteiger partial charge in [0.2, 0.25) is 0 Å². The van der Waals surface area contributed by atoms with Crippen LogP contribution in [0.1, 0.15) is 26.3 Å². The van der Waals surface area contributed by atoms with E-state index < -0.39 is 8.07 Å². The third-order valence-corrected chi connectivity index (χ3v) is 11.2. The molecule has 0 aliphatic heterocycles. The number of aromatic nitrogens is 2. The SMILES string of the molecule is CC(C)(C)Cc1cc(-c2[c-]cccc2)ncc1[Si](C)(C)C.[Ir].[c-]1ccc2c(oc3cc(-c4ccccc4)ccc32)c1-c1cc(-c2ccccc2)ccn1. The molecule has 3 aromatic heterocycles. The van der Waals surface area contributed by atoms with E-state index in [1.807, 2.05) is 60.8 Å². The Balaban J connectivity index is 0.000000193. The monoisotopic (exact) mass is 885 g/mol. The number of benzene rings is 5. The molecule has 3 heterocycles. The second-order valence-electron chi connectivity index (χ2n) is 15.6. The quantitative estimate of drug-likeness (QED) is 0.123. The van der Waals surface area contributed by atoms with E-state index in [-0.39, 0.29) is 25.5 Å². The van der Waals surface area contributed by atoms with Crippen LogP contribution in [0.4, 0.5) is 0 Å². The van der Waals surface area contributed by atoms with Crippen molar-refractivity contribution in [3.05, 3.63) is 164 Å². The van der Waals surface area contributed by atoms with Crippen LogP contribution in [-0.4, -0.2) is 18.0 Å². The average Bonchev–Trinajstić information content (AvgIpc) is 3.53. The van der Waals surface area contributed by atoms with Crippen LogP contribution in [0.5, 0.6) is 0 Å². The first-order valence-corrected chi connectivity index (χ1v) is 21.4. The van der Waals surface area contributed by atoms with Crippen molar-refractivity contribution in [3.63, 3.8) is 0 Å². The Morgan fingerprint density at radius 1 is 0.623 bits per heavy atom. The van der Waals surface area contributed by atoms with E-state index in [1.165, 1.54) is 16.3 Å². The maximum atomic E-state index is 6.37. The smallest absolute Gasteiger partial charge is 0.121 e. The molecule has 0 aliphatic carbocycles. The Morgan fingerprint density at radius 3 is 1.94 bits per heavy atom. The molecule has 0 bridgehead atoms. The molecule has 53 heavy (non-hydrogen) atoms. The first kappa shape index (κ1) is 37.8. The van der Waals surface area contributed by atoms with E-state index >= 15 is 0 Å². The van der Waals surface area contributed by atoms with Gasteiger partial charge in [0, 0.05) is 37.9 Å². The topological polar surface area (TPSA) is 38.9 Å². The number of hydrogen-bond acceptors (Lipinski definition) is 3. The van der Waals surface area contributed by atoms with Crippen molar-refractivity contribution in [2.24, 2.45) is 5.41 Å². The number of pyridine rings is 2. The molecule has 0 atom stereocenters. The molecule has 0 fully saturated rings. The van der Waals surface area contributed by atoms with Gasteiger partial charge in [-0.05, 0) is 62.8 Å². The Hall–Kier alpha value is -4.93.